The first kappa shape index (κ1) is 16.1. The van der Waals surface area contributed by atoms with E-state index in [0.717, 1.165) is 18.7 Å². The number of fused-ring (bicyclic) bond motifs is 4. The maximum absolute atomic E-state index is 14.0. The van der Waals surface area contributed by atoms with Crippen molar-refractivity contribution in [2.45, 2.75) is 38.1 Å². The fourth-order valence-electron chi connectivity index (χ4n) is 4.93. The predicted octanol–water partition coefficient (Wildman–Crippen LogP) is 5.40. The molecule has 2 heterocycles. The van der Waals surface area contributed by atoms with Gasteiger partial charge < -0.3 is 4.98 Å². The smallest absolute Gasteiger partial charge is 0.123 e. The molecule has 0 bridgehead atoms. The van der Waals surface area contributed by atoms with Crippen LogP contribution in [0.25, 0.3) is 10.9 Å². The zero-order chi connectivity index (χ0) is 17.9. The molecule has 1 unspecified atom stereocenters. The van der Waals surface area contributed by atoms with Gasteiger partial charge in [-0.05, 0) is 48.1 Å². The molecule has 3 aromatic rings. The molecule has 134 valence electrons. The summed E-state index contributed by atoms with van der Waals surface area (Å²) in [6.07, 6.45) is 2.51. The molecule has 1 fully saturated rings. The summed E-state index contributed by atoms with van der Waals surface area (Å²) in [7, 11) is 0. The number of hydrogen-bond acceptors (Lipinski definition) is 1. The fourth-order valence-corrected chi connectivity index (χ4v) is 4.93. The first-order chi connectivity index (χ1) is 12.6. The quantitative estimate of drug-likeness (QED) is 0.671. The normalized spacial score (nSPS) is 21.5. The minimum Gasteiger partial charge on any atom is -0.357 e. The van der Waals surface area contributed by atoms with Gasteiger partial charge in [-0.3, -0.25) is 4.90 Å². The van der Waals surface area contributed by atoms with Crippen molar-refractivity contribution in [2.24, 2.45) is 5.92 Å². The van der Waals surface area contributed by atoms with Crippen molar-refractivity contribution >= 4 is 10.9 Å². The van der Waals surface area contributed by atoms with E-state index in [1.54, 1.807) is 6.07 Å². The highest BCUT2D eigenvalue weighted by atomic mass is 19.1. The Morgan fingerprint density at radius 3 is 2.69 bits per heavy atom. The molecule has 1 aliphatic heterocycles. The van der Waals surface area contributed by atoms with E-state index < -0.39 is 0 Å². The average Bonchev–Trinajstić information content (AvgIpc) is 3.24. The minimum absolute atomic E-state index is 0.0988. The van der Waals surface area contributed by atoms with E-state index >= 15 is 0 Å². The second-order valence-corrected chi connectivity index (χ2v) is 8.52. The van der Waals surface area contributed by atoms with Gasteiger partial charge in [0.1, 0.15) is 5.82 Å². The Labute approximate surface area is 154 Å². The van der Waals surface area contributed by atoms with E-state index in [1.165, 1.54) is 41.1 Å². The van der Waals surface area contributed by atoms with Crippen molar-refractivity contribution in [3.63, 3.8) is 0 Å². The van der Waals surface area contributed by atoms with E-state index in [-0.39, 0.29) is 17.3 Å². The number of nitrogens with zero attached hydrogens (tertiary/aromatic N) is 1. The average molecular weight is 348 g/mol. The molecule has 2 aliphatic rings. The molecular weight excluding hydrogens is 323 g/mol. The van der Waals surface area contributed by atoms with Crippen LogP contribution >= 0.6 is 0 Å². The molecule has 1 aliphatic carbocycles. The molecule has 0 amide bonds. The van der Waals surface area contributed by atoms with Crippen molar-refractivity contribution in [1.29, 1.82) is 0 Å². The molecule has 1 N–H and O–H groups in total. The van der Waals surface area contributed by atoms with Crippen LogP contribution in [0.2, 0.25) is 0 Å². The second kappa shape index (κ2) is 5.68. The lowest BCUT2D eigenvalue weighted by molar-refractivity contribution is 0.163. The third kappa shape index (κ3) is 2.41. The summed E-state index contributed by atoms with van der Waals surface area (Å²) in [5, 5.41) is 1.35. The number of aromatic amines is 1. The van der Waals surface area contributed by atoms with Crippen LogP contribution in [0, 0.1) is 11.7 Å². The molecule has 0 radical (unpaired) electrons. The van der Waals surface area contributed by atoms with Gasteiger partial charge in [-0.15, -0.1) is 0 Å². The number of aromatic nitrogens is 1. The molecule has 0 saturated heterocycles. The van der Waals surface area contributed by atoms with Gasteiger partial charge in [-0.25, -0.2) is 4.39 Å². The third-order valence-corrected chi connectivity index (χ3v) is 6.03. The van der Waals surface area contributed by atoms with Crippen molar-refractivity contribution in [3.05, 3.63) is 71.2 Å². The number of benzene rings is 2. The first-order valence-electron chi connectivity index (χ1n) is 9.68. The number of H-pyrrole nitrogens is 1. The summed E-state index contributed by atoms with van der Waals surface area (Å²) in [6.45, 7) is 6.63. The van der Waals surface area contributed by atoms with Gasteiger partial charge in [-0.2, -0.15) is 0 Å². The first-order valence-corrected chi connectivity index (χ1v) is 9.68. The van der Waals surface area contributed by atoms with Crippen molar-refractivity contribution in [3.8, 4) is 0 Å². The molecular formula is C23H25FN2. The number of para-hydroxylation sites is 1. The lowest BCUT2D eigenvalue weighted by atomic mass is 9.83. The number of halogens is 1. The van der Waals surface area contributed by atoms with Crippen LogP contribution in [-0.4, -0.2) is 23.0 Å². The number of hydrogen-bond donors (Lipinski definition) is 1. The summed E-state index contributed by atoms with van der Waals surface area (Å²) >= 11 is 0. The van der Waals surface area contributed by atoms with E-state index in [9.17, 15) is 4.39 Å². The van der Waals surface area contributed by atoms with Crippen molar-refractivity contribution in [2.75, 3.05) is 13.1 Å². The number of nitrogens with one attached hydrogen (secondary N) is 1. The Morgan fingerprint density at radius 2 is 1.96 bits per heavy atom. The molecule has 2 aromatic carbocycles. The molecule has 26 heavy (non-hydrogen) atoms. The highest BCUT2D eigenvalue weighted by Crippen LogP contribution is 2.57. The molecule has 3 heteroatoms. The Morgan fingerprint density at radius 1 is 1.15 bits per heavy atom. The molecule has 2 nitrogen and oxygen atoms in total. The van der Waals surface area contributed by atoms with Crippen LogP contribution < -0.4 is 0 Å². The van der Waals surface area contributed by atoms with E-state index in [4.69, 9.17) is 0 Å². The maximum Gasteiger partial charge on any atom is 0.123 e. The van der Waals surface area contributed by atoms with E-state index in [2.05, 4.69) is 54.1 Å². The van der Waals surface area contributed by atoms with Crippen LogP contribution in [0.5, 0.6) is 0 Å². The minimum atomic E-state index is -0.156. The number of rotatable bonds is 3. The van der Waals surface area contributed by atoms with Crippen LogP contribution in [0.4, 0.5) is 4.39 Å². The Kier molecular flexibility index (Phi) is 3.51. The molecule has 1 spiro atoms. The molecule has 1 saturated carbocycles. The van der Waals surface area contributed by atoms with Gasteiger partial charge in [-0.1, -0.05) is 44.2 Å². The lowest BCUT2D eigenvalue weighted by Crippen LogP contribution is -2.43. The summed E-state index contributed by atoms with van der Waals surface area (Å²) in [5.41, 5.74) is 5.31. The topological polar surface area (TPSA) is 19.0 Å². The van der Waals surface area contributed by atoms with Gasteiger partial charge in [0.15, 0.2) is 0 Å². The summed E-state index contributed by atoms with van der Waals surface area (Å²) < 4.78 is 14.0. The van der Waals surface area contributed by atoms with Crippen LogP contribution in [0.3, 0.4) is 0 Å². The van der Waals surface area contributed by atoms with Gasteiger partial charge in [0, 0.05) is 35.1 Å². The van der Waals surface area contributed by atoms with Crippen molar-refractivity contribution < 1.29 is 4.39 Å². The Balaban J connectivity index is 1.74. The van der Waals surface area contributed by atoms with Crippen molar-refractivity contribution in [1.82, 2.24) is 9.88 Å². The van der Waals surface area contributed by atoms with Crippen LogP contribution in [-0.2, 0) is 5.41 Å². The Hall–Kier alpha value is -2.13. The summed E-state index contributed by atoms with van der Waals surface area (Å²) in [4.78, 5) is 6.29. The van der Waals surface area contributed by atoms with Gasteiger partial charge in [0.25, 0.3) is 0 Å². The zero-order valence-corrected chi connectivity index (χ0v) is 15.4. The molecule has 5 rings (SSSR count). The highest BCUT2D eigenvalue weighted by molar-refractivity contribution is 5.87. The van der Waals surface area contributed by atoms with Crippen LogP contribution in [0.1, 0.15) is 49.6 Å². The maximum atomic E-state index is 14.0. The van der Waals surface area contributed by atoms with Gasteiger partial charge in [0.05, 0.1) is 6.04 Å². The third-order valence-electron chi connectivity index (χ3n) is 6.03. The fraction of sp³-hybridized carbons (Fsp3) is 0.391. The largest absolute Gasteiger partial charge is 0.357 e. The monoisotopic (exact) mass is 348 g/mol. The molecule has 1 atom stereocenters. The van der Waals surface area contributed by atoms with E-state index in [1.807, 2.05) is 6.07 Å². The summed E-state index contributed by atoms with van der Waals surface area (Å²) in [5.74, 6) is 0.421. The highest BCUT2D eigenvalue weighted by Gasteiger charge is 2.53. The van der Waals surface area contributed by atoms with Gasteiger partial charge >= 0.3 is 0 Å². The SMILES string of the molecule is CC(C)CN1CC2(CC2)c2c([nH]c3ccccc23)C1c1cccc(F)c1. The zero-order valence-electron chi connectivity index (χ0n) is 15.4. The standard InChI is InChI=1S/C23H25FN2/c1-15(2)13-26-14-23(10-11-23)20-18-8-3-4-9-19(18)25-21(20)22(26)16-6-5-7-17(24)12-16/h3-9,12,15,22,25H,10-11,13-14H2,1-2H3. The van der Waals surface area contributed by atoms with Crippen LogP contribution in [0.15, 0.2) is 48.5 Å². The second-order valence-electron chi connectivity index (χ2n) is 8.52. The Bertz CT molecular complexity index is 967. The molecule has 1 aromatic heterocycles. The van der Waals surface area contributed by atoms with E-state index in [0.29, 0.717) is 5.92 Å². The predicted molar refractivity (Wildman–Crippen MR) is 104 cm³/mol. The van der Waals surface area contributed by atoms with Gasteiger partial charge in [0.2, 0.25) is 0 Å². The summed E-state index contributed by atoms with van der Waals surface area (Å²) in [6, 6.07) is 15.9. The lowest BCUT2D eigenvalue weighted by Gasteiger charge is -2.41.